The number of imidazole rings is 1. The molecule has 1 N–H and O–H groups in total. The number of carbonyl (C=O) groups excluding carboxylic acids is 1. The molecule has 0 aliphatic carbocycles. The molecule has 4 nitrogen and oxygen atoms in total. The Balaban J connectivity index is 1.73. The van der Waals surface area contributed by atoms with Crippen LogP contribution in [0, 0.1) is 19.8 Å². The van der Waals surface area contributed by atoms with Crippen LogP contribution in [-0.2, 0) is 11.3 Å². The number of aromatic nitrogens is 2. The molecule has 0 aliphatic rings. The maximum atomic E-state index is 12.5. The summed E-state index contributed by atoms with van der Waals surface area (Å²) in [4.78, 5) is 17.1. The van der Waals surface area contributed by atoms with E-state index in [1.54, 1.807) is 0 Å². The smallest absolute Gasteiger partial charge is 0.234 e. The Kier molecular flexibility index (Phi) is 7.19. The van der Waals surface area contributed by atoms with Crippen molar-refractivity contribution in [2.45, 2.75) is 39.4 Å². The second kappa shape index (κ2) is 9.63. The molecule has 0 aliphatic heterocycles. The second-order valence-corrected chi connectivity index (χ2v) is 9.43. The van der Waals surface area contributed by atoms with Crippen molar-refractivity contribution in [2.24, 2.45) is 5.92 Å². The normalized spacial score (nSPS) is 11.1. The van der Waals surface area contributed by atoms with E-state index in [1.165, 1.54) is 22.9 Å². The van der Waals surface area contributed by atoms with Gasteiger partial charge in [-0.25, -0.2) is 4.98 Å². The largest absolute Gasteiger partial charge is 0.325 e. The molecule has 0 radical (unpaired) electrons. The number of hydrogen-bond donors (Lipinski definition) is 1. The van der Waals surface area contributed by atoms with Crippen molar-refractivity contribution in [1.82, 2.24) is 9.55 Å². The SMILES string of the molecule is Cc1ccc(NC(=O)CSc2ncc(-c3ccc(Br)cc3)n2CC(C)C)cc1C. The van der Waals surface area contributed by atoms with E-state index < -0.39 is 0 Å². The first-order valence-electron chi connectivity index (χ1n) is 9.65. The molecule has 0 bridgehead atoms. The zero-order chi connectivity index (χ0) is 21.0. The van der Waals surface area contributed by atoms with E-state index in [1.807, 2.05) is 43.5 Å². The number of anilines is 1. The summed E-state index contributed by atoms with van der Waals surface area (Å²) < 4.78 is 3.26. The van der Waals surface area contributed by atoms with Crippen LogP contribution in [0.3, 0.4) is 0 Å². The number of carbonyl (C=O) groups is 1. The minimum absolute atomic E-state index is 0.0254. The number of aryl methyl sites for hydroxylation is 2. The van der Waals surface area contributed by atoms with E-state index in [-0.39, 0.29) is 5.91 Å². The molecule has 29 heavy (non-hydrogen) atoms. The first kappa shape index (κ1) is 21.7. The van der Waals surface area contributed by atoms with Crippen LogP contribution < -0.4 is 5.32 Å². The van der Waals surface area contributed by atoms with E-state index in [0.717, 1.165) is 33.1 Å². The van der Waals surface area contributed by atoms with Gasteiger partial charge in [0.05, 0.1) is 17.6 Å². The molecule has 1 heterocycles. The second-order valence-electron chi connectivity index (χ2n) is 7.57. The summed E-state index contributed by atoms with van der Waals surface area (Å²) in [6.45, 7) is 9.34. The van der Waals surface area contributed by atoms with Crippen LogP contribution in [0.1, 0.15) is 25.0 Å². The molecular formula is C23H26BrN3OS. The third kappa shape index (κ3) is 5.73. The molecule has 0 unspecified atom stereocenters. The van der Waals surface area contributed by atoms with E-state index in [0.29, 0.717) is 11.7 Å². The fraction of sp³-hybridized carbons (Fsp3) is 0.304. The first-order chi connectivity index (χ1) is 13.8. The van der Waals surface area contributed by atoms with Crippen molar-refractivity contribution in [3.8, 4) is 11.3 Å². The monoisotopic (exact) mass is 471 g/mol. The van der Waals surface area contributed by atoms with Crippen LogP contribution in [0.2, 0.25) is 0 Å². The third-order valence-corrected chi connectivity index (χ3v) is 6.15. The lowest BCUT2D eigenvalue weighted by Gasteiger charge is -2.14. The summed E-state index contributed by atoms with van der Waals surface area (Å²) in [6, 6.07) is 14.2. The Morgan fingerprint density at radius 1 is 1.14 bits per heavy atom. The van der Waals surface area contributed by atoms with Crippen LogP contribution in [0.25, 0.3) is 11.3 Å². The van der Waals surface area contributed by atoms with Crippen LogP contribution >= 0.6 is 27.7 Å². The maximum Gasteiger partial charge on any atom is 0.234 e. The minimum Gasteiger partial charge on any atom is -0.325 e. The van der Waals surface area contributed by atoms with Crippen molar-refractivity contribution < 1.29 is 4.79 Å². The van der Waals surface area contributed by atoms with Crippen molar-refractivity contribution in [2.75, 3.05) is 11.1 Å². The standard InChI is InChI=1S/C23H26BrN3OS/c1-15(2)13-27-21(18-6-8-19(24)9-7-18)12-25-23(27)29-14-22(28)26-20-10-5-16(3)17(4)11-20/h5-12,15H,13-14H2,1-4H3,(H,26,28). The molecule has 6 heteroatoms. The zero-order valence-electron chi connectivity index (χ0n) is 17.2. The molecule has 0 spiro atoms. The van der Waals surface area contributed by atoms with E-state index >= 15 is 0 Å². The maximum absolute atomic E-state index is 12.5. The highest BCUT2D eigenvalue weighted by molar-refractivity contribution is 9.10. The summed E-state index contributed by atoms with van der Waals surface area (Å²) in [6.07, 6.45) is 1.90. The van der Waals surface area contributed by atoms with Crippen LogP contribution in [0.5, 0.6) is 0 Å². The number of thioether (sulfide) groups is 1. The number of amides is 1. The summed E-state index contributed by atoms with van der Waals surface area (Å²) in [5, 5.41) is 3.85. The van der Waals surface area contributed by atoms with E-state index in [9.17, 15) is 4.79 Å². The molecule has 0 atom stereocenters. The lowest BCUT2D eigenvalue weighted by molar-refractivity contribution is -0.113. The lowest BCUT2D eigenvalue weighted by atomic mass is 10.1. The number of rotatable bonds is 7. The average Bonchev–Trinajstić information content (AvgIpc) is 3.05. The number of nitrogens with zero attached hydrogens (tertiary/aromatic N) is 2. The van der Waals surface area contributed by atoms with Gasteiger partial charge in [-0.1, -0.05) is 59.7 Å². The molecule has 3 aromatic rings. The average molecular weight is 472 g/mol. The van der Waals surface area contributed by atoms with Gasteiger partial charge in [0.25, 0.3) is 0 Å². The van der Waals surface area contributed by atoms with Gasteiger partial charge < -0.3 is 9.88 Å². The molecule has 152 valence electrons. The number of hydrogen-bond acceptors (Lipinski definition) is 3. The van der Waals surface area contributed by atoms with Gasteiger partial charge in [-0.2, -0.15) is 0 Å². The quantitative estimate of drug-likeness (QED) is 0.410. The van der Waals surface area contributed by atoms with Gasteiger partial charge in [-0.15, -0.1) is 0 Å². The Hall–Kier alpha value is -2.05. The Morgan fingerprint density at radius 3 is 2.52 bits per heavy atom. The third-order valence-electron chi connectivity index (χ3n) is 4.63. The predicted octanol–water partition coefficient (Wildman–Crippen LogP) is 6.32. The number of nitrogens with one attached hydrogen (secondary N) is 1. The molecule has 0 fully saturated rings. The molecule has 1 aromatic heterocycles. The molecule has 1 amide bonds. The summed E-state index contributed by atoms with van der Waals surface area (Å²) in [7, 11) is 0. The fourth-order valence-electron chi connectivity index (χ4n) is 3.01. The first-order valence-corrected chi connectivity index (χ1v) is 11.4. The van der Waals surface area contributed by atoms with Gasteiger partial charge in [0.1, 0.15) is 0 Å². The Labute approximate surface area is 185 Å². The Morgan fingerprint density at radius 2 is 1.86 bits per heavy atom. The molecular weight excluding hydrogens is 446 g/mol. The lowest BCUT2D eigenvalue weighted by Crippen LogP contribution is -2.15. The molecule has 0 saturated carbocycles. The van der Waals surface area contributed by atoms with Crippen molar-refractivity contribution >= 4 is 39.3 Å². The fourth-order valence-corrected chi connectivity index (χ4v) is 4.07. The van der Waals surface area contributed by atoms with Crippen LogP contribution in [-0.4, -0.2) is 21.2 Å². The highest BCUT2D eigenvalue weighted by Crippen LogP contribution is 2.28. The van der Waals surface area contributed by atoms with Crippen LogP contribution in [0.4, 0.5) is 5.69 Å². The van der Waals surface area contributed by atoms with E-state index in [4.69, 9.17) is 0 Å². The summed E-state index contributed by atoms with van der Waals surface area (Å²) in [5.41, 5.74) is 5.41. The Bertz CT molecular complexity index is 996. The van der Waals surface area contributed by atoms with Gasteiger partial charge in [-0.05, 0) is 60.7 Å². The topological polar surface area (TPSA) is 46.9 Å². The zero-order valence-corrected chi connectivity index (χ0v) is 19.6. The molecule has 2 aromatic carbocycles. The van der Waals surface area contributed by atoms with Gasteiger partial charge in [0.15, 0.2) is 5.16 Å². The highest BCUT2D eigenvalue weighted by Gasteiger charge is 2.15. The van der Waals surface area contributed by atoms with E-state index in [2.05, 4.69) is 63.7 Å². The van der Waals surface area contributed by atoms with Crippen molar-refractivity contribution in [3.05, 3.63) is 64.3 Å². The number of benzene rings is 2. The van der Waals surface area contributed by atoms with Crippen molar-refractivity contribution in [3.63, 3.8) is 0 Å². The predicted molar refractivity (Wildman–Crippen MR) is 125 cm³/mol. The summed E-state index contributed by atoms with van der Waals surface area (Å²) in [5.74, 6) is 0.770. The highest BCUT2D eigenvalue weighted by atomic mass is 79.9. The van der Waals surface area contributed by atoms with Gasteiger partial charge in [0, 0.05) is 16.7 Å². The minimum atomic E-state index is -0.0254. The van der Waals surface area contributed by atoms with Gasteiger partial charge >= 0.3 is 0 Å². The van der Waals surface area contributed by atoms with Crippen molar-refractivity contribution in [1.29, 1.82) is 0 Å². The molecule has 3 rings (SSSR count). The summed E-state index contributed by atoms with van der Waals surface area (Å²) >= 11 is 4.96. The van der Waals surface area contributed by atoms with Gasteiger partial charge in [-0.3, -0.25) is 4.79 Å². The number of halogens is 1. The van der Waals surface area contributed by atoms with Crippen LogP contribution in [0.15, 0.2) is 58.3 Å². The van der Waals surface area contributed by atoms with Gasteiger partial charge in [0.2, 0.25) is 5.91 Å². The molecule has 0 saturated heterocycles.